The summed E-state index contributed by atoms with van der Waals surface area (Å²) >= 11 is 1.65. The van der Waals surface area contributed by atoms with Crippen molar-refractivity contribution in [3.8, 4) is 5.69 Å². The molecule has 142 valence electrons. The summed E-state index contributed by atoms with van der Waals surface area (Å²) in [7, 11) is 0. The topological polar surface area (TPSA) is 57.0 Å². The van der Waals surface area contributed by atoms with Crippen LogP contribution in [0.15, 0.2) is 35.6 Å². The maximum absolute atomic E-state index is 11.5. The molecule has 3 aromatic rings. The Morgan fingerprint density at radius 3 is 2.67 bits per heavy atom. The average Bonchev–Trinajstić information content (AvgIpc) is 2.97. The number of carbonyl (C=O) groups is 1. The Labute approximate surface area is 164 Å². The predicted octanol–water partition coefficient (Wildman–Crippen LogP) is 4.78. The van der Waals surface area contributed by atoms with E-state index >= 15 is 0 Å². The van der Waals surface area contributed by atoms with Crippen molar-refractivity contribution in [1.82, 2.24) is 14.5 Å². The van der Waals surface area contributed by atoms with Gasteiger partial charge >= 0.3 is 5.97 Å². The molecule has 0 unspecified atom stereocenters. The second kappa shape index (κ2) is 8.57. The van der Waals surface area contributed by atoms with E-state index < -0.39 is 0 Å². The quantitative estimate of drug-likeness (QED) is 0.334. The van der Waals surface area contributed by atoms with E-state index in [1.165, 1.54) is 16.7 Å². The fraction of sp³-hybridized carbons (Fsp3) is 0.381. The number of hydrogen-bond acceptors (Lipinski definition) is 5. The summed E-state index contributed by atoms with van der Waals surface area (Å²) in [5.74, 6) is 0.657. The molecule has 27 heavy (non-hydrogen) atoms. The summed E-state index contributed by atoms with van der Waals surface area (Å²) in [5.41, 5.74) is 6.52. The fourth-order valence-electron chi connectivity index (χ4n) is 3.33. The second-order valence-electron chi connectivity index (χ2n) is 6.58. The molecule has 0 N–H and O–H groups in total. The van der Waals surface area contributed by atoms with Gasteiger partial charge in [-0.05, 0) is 57.4 Å². The molecule has 0 saturated heterocycles. The third kappa shape index (κ3) is 4.33. The zero-order valence-corrected chi connectivity index (χ0v) is 17.1. The van der Waals surface area contributed by atoms with Gasteiger partial charge in [-0.15, -0.1) is 0 Å². The van der Waals surface area contributed by atoms with Gasteiger partial charge in [-0.2, -0.15) is 0 Å². The summed E-state index contributed by atoms with van der Waals surface area (Å²) in [4.78, 5) is 20.9. The average molecular weight is 384 g/mol. The molecule has 0 saturated carbocycles. The molecule has 0 aliphatic rings. The van der Waals surface area contributed by atoms with E-state index in [-0.39, 0.29) is 5.97 Å². The number of pyridine rings is 1. The minimum absolute atomic E-state index is 0.140. The summed E-state index contributed by atoms with van der Waals surface area (Å²) in [6, 6.07) is 8.27. The van der Waals surface area contributed by atoms with Crippen LogP contribution in [0.4, 0.5) is 0 Å². The lowest BCUT2D eigenvalue weighted by atomic mass is 10.1. The van der Waals surface area contributed by atoms with Crippen molar-refractivity contribution in [2.24, 2.45) is 0 Å². The number of rotatable bonds is 7. The first-order chi connectivity index (χ1) is 13.0. The van der Waals surface area contributed by atoms with Gasteiger partial charge in [-0.3, -0.25) is 9.36 Å². The third-order valence-corrected chi connectivity index (χ3v) is 5.33. The highest BCUT2D eigenvalue weighted by Gasteiger charge is 2.17. The molecule has 0 spiro atoms. The van der Waals surface area contributed by atoms with Crippen LogP contribution in [0.1, 0.15) is 36.5 Å². The molecule has 0 aliphatic heterocycles. The number of carbonyl (C=O) groups excluding carboxylic acids is 1. The first kappa shape index (κ1) is 19.4. The largest absolute Gasteiger partial charge is 0.466 e. The van der Waals surface area contributed by atoms with Crippen LogP contribution in [0.5, 0.6) is 0 Å². The molecule has 0 bridgehead atoms. The van der Waals surface area contributed by atoms with Crippen LogP contribution in [0.2, 0.25) is 0 Å². The summed E-state index contributed by atoms with van der Waals surface area (Å²) in [6.45, 7) is 8.62. The lowest BCUT2D eigenvalue weighted by molar-refractivity contribution is -0.143. The Kier molecular flexibility index (Phi) is 6.16. The maximum Gasteiger partial charge on any atom is 0.305 e. The highest BCUT2D eigenvalue weighted by molar-refractivity contribution is 7.99. The van der Waals surface area contributed by atoms with Gasteiger partial charge in [0.2, 0.25) is 0 Å². The zero-order chi connectivity index (χ0) is 19.4. The number of ether oxygens (including phenoxy) is 1. The first-order valence-corrected chi connectivity index (χ1v) is 10.2. The van der Waals surface area contributed by atoms with Crippen LogP contribution in [0, 0.1) is 20.8 Å². The number of imidazole rings is 1. The lowest BCUT2D eigenvalue weighted by Gasteiger charge is -2.15. The van der Waals surface area contributed by atoms with Crippen LogP contribution in [0.25, 0.3) is 16.9 Å². The van der Waals surface area contributed by atoms with Crippen LogP contribution in [-0.4, -0.2) is 32.9 Å². The highest BCUT2D eigenvalue weighted by Crippen LogP contribution is 2.31. The number of aryl methyl sites for hydroxylation is 3. The summed E-state index contributed by atoms with van der Waals surface area (Å²) in [6.07, 6.45) is 2.99. The van der Waals surface area contributed by atoms with Crippen molar-refractivity contribution in [2.45, 2.75) is 45.7 Å². The van der Waals surface area contributed by atoms with Gasteiger partial charge in [0.25, 0.3) is 0 Å². The number of esters is 1. The maximum atomic E-state index is 11.5. The Balaban J connectivity index is 1.93. The summed E-state index contributed by atoms with van der Waals surface area (Å²) < 4.78 is 7.15. The van der Waals surface area contributed by atoms with Crippen LogP contribution in [0.3, 0.4) is 0 Å². The van der Waals surface area contributed by atoms with Crippen molar-refractivity contribution in [2.75, 3.05) is 12.4 Å². The number of fused-ring (bicyclic) bond motifs is 1. The minimum Gasteiger partial charge on any atom is -0.466 e. The third-order valence-electron chi connectivity index (χ3n) is 4.31. The number of hydrogen-bond donors (Lipinski definition) is 0. The summed E-state index contributed by atoms with van der Waals surface area (Å²) in [5, 5.41) is 0.905. The van der Waals surface area contributed by atoms with Crippen molar-refractivity contribution in [3.05, 3.63) is 47.2 Å². The predicted molar refractivity (Wildman–Crippen MR) is 110 cm³/mol. The fourth-order valence-corrected chi connectivity index (χ4v) is 4.27. The molecule has 0 radical (unpaired) electrons. The Morgan fingerprint density at radius 1 is 1.22 bits per heavy atom. The molecule has 0 amide bonds. The van der Waals surface area contributed by atoms with Gasteiger partial charge in [-0.25, -0.2) is 9.97 Å². The molecule has 6 heteroatoms. The van der Waals surface area contributed by atoms with Gasteiger partial charge in [0.05, 0.1) is 12.3 Å². The molecule has 0 aliphatic carbocycles. The monoisotopic (exact) mass is 383 g/mol. The van der Waals surface area contributed by atoms with Gasteiger partial charge in [0, 0.05) is 18.4 Å². The van der Waals surface area contributed by atoms with E-state index in [4.69, 9.17) is 9.72 Å². The number of aromatic nitrogens is 3. The van der Waals surface area contributed by atoms with Crippen LogP contribution < -0.4 is 0 Å². The SMILES string of the molecule is CCOC(=O)CCCSc1nc2cccnc2n1-c1c(C)cc(C)cc1C. The van der Waals surface area contributed by atoms with Gasteiger partial charge < -0.3 is 4.74 Å². The zero-order valence-electron chi connectivity index (χ0n) is 16.3. The molecular formula is C21H25N3O2S. The van der Waals surface area contributed by atoms with Gasteiger partial charge in [0.15, 0.2) is 10.8 Å². The van der Waals surface area contributed by atoms with E-state index in [1.54, 1.807) is 18.0 Å². The molecule has 3 rings (SSSR count). The van der Waals surface area contributed by atoms with Gasteiger partial charge in [0.1, 0.15) is 5.52 Å². The lowest BCUT2D eigenvalue weighted by Crippen LogP contribution is -2.05. The first-order valence-electron chi connectivity index (χ1n) is 9.21. The Hall–Kier alpha value is -2.34. The number of nitrogens with zero attached hydrogens (tertiary/aromatic N) is 3. The molecule has 1 aromatic carbocycles. The minimum atomic E-state index is -0.140. The molecule has 5 nitrogen and oxygen atoms in total. The van der Waals surface area contributed by atoms with E-state index in [0.29, 0.717) is 13.0 Å². The van der Waals surface area contributed by atoms with E-state index in [2.05, 4.69) is 42.5 Å². The van der Waals surface area contributed by atoms with Crippen molar-refractivity contribution in [1.29, 1.82) is 0 Å². The molecular weight excluding hydrogens is 358 g/mol. The Bertz CT molecular complexity index is 942. The molecule has 2 heterocycles. The van der Waals surface area contributed by atoms with Crippen molar-refractivity contribution >= 4 is 28.9 Å². The van der Waals surface area contributed by atoms with E-state index in [9.17, 15) is 4.79 Å². The van der Waals surface area contributed by atoms with Crippen molar-refractivity contribution < 1.29 is 9.53 Å². The molecule has 0 atom stereocenters. The van der Waals surface area contributed by atoms with E-state index in [1.807, 2.05) is 19.1 Å². The van der Waals surface area contributed by atoms with Crippen molar-refractivity contribution in [3.63, 3.8) is 0 Å². The molecule has 2 aromatic heterocycles. The normalized spacial score (nSPS) is 11.1. The van der Waals surface area contributed by atoms with Crippen LogP contribution in [-0.2, 0) is 9.53 Å². The van der Waals surface area contributed by atoms with E-state index in [0.717, 1.165) is 34.2 Å². The number of thioether (sulfide) groups is 1. The molecule has 0 fully saturated rings. The van der Waals surface area contributed by atoms with Crippen LogP contribution >= 0.6 is 11.8 Å². The highest BCUT2D eigenvalue weighted by atomic mass is 32.2. The smallest absolute Gasteiger partial charge is 0.305 e. The number of benzene rings is 1. The standard InChI is InChI=1S/C21H25N3O2S/c1-5-26-18(25)9-7-11-27-21-23-17-8-6-10-22-20(17)24(21)19-15(3)12-14(2)13-16(19)4/h6,8,10,12-13H,5,7,9,11H2,1-4H3. The van der Waals surface area contributed by atoms with Gasteiger partial charge in [-0.1, -0.05) is 29.5 Å². The second-order valence-corrected chi connectivity index (χ2v) is 7.64. The Morgan fingerprint density at radius 2 is 1.96 bits per heavy atom.